The van der Waals surface area contributed by atoms with Gasteiger partial charge in [0.2, 0.25) is 5.91 Å². The van der Waals surface area contributed by atoms with E-state index in [2.05, 4.69) is 26.2 Å². The second kappa shape index (κ2) is 6.54. The molecule has 108 valence electrons. The van der Waals surface area contributed by atoms with Gasteiger partial charge >= 0.3 is 0 Å². The summed E-state index contributed by atoms with van der Waals surface area (Å²) in [6, 6.07) is 17.3. The van der Waals surface area contributed by atoms with Crippen LogP contribution >= 0.6 is 15.9 Å². The zero-order valence-corrected chi connectivity index (χ0v) is 13.2. The lowest BCUT2D eigenvalue weighted by Gasteiger charge is -2.05. The molecule has 0 spiro atoms. The highest BCUT2D eigenvalue weighted by Gasteiger charge is 2.03. The summed E-state index contributed by atoms with van der Waals surface area (Å²) in [7, 11) is 0. The number of hydrogen-bond acceptors (Lipinski definition) is 2. The van der Waals surface area contributed by atoms with E-state index in [0.717, 1.165) is 20.9 Å². The van der Waals surface area contributed by atoms with Gasteiger partial charge in [-0.25, -0.2) is 0 Å². The van der Waals surface area contributed by atoms with E-state index in [-0.39, 0.29) is 5.91 Å². The molecule has 0 aliphatic rings. The molecule has 1 heterocycles. The number of rotatable bonds is 3. The SMILES string of the molecule is O=C(/C=C\c1ccc(Br)cc1)Nc1cccc2cccnc12. The van der Waals surface area contributed by atoms with E-state index < -0.39 is 0 Å². The second-order valence-electron chi connectivity index (χ2n) is 4.75. The quantitative estimate of drug-likeness (QED) is 0.697. The van der Waals surface area contributed by atoms with E-state index in [1.54, 1.807) is 12.3 Å². The van der Waals surface area contributed by atoms with Crippen molar-refractivity contribution in [3.8, 4) is 0 Å². The summed E-state index contributed by atoms with van der Waals surface area (Å²) in [5.41, 5.74) is 2.47. The number of anilines is 1. The van der Waals surface area contributed by atoms with Crippen LogP contribution < -0.4 is 5.32 Å². The van der Waals surface area contributed by atoms with Crippen molar-refractivity contribution >= 4 is 44.5 Å². The number of fused-ring (bicyclic) bond motifs is 1. The first kappa shape index (κ1) is 14.5. The van der Waals surface area contributed by atoms with Crippen molar-refractivity contribution in [2.45, 2.75) is 0 Å². The molecule has 0 radical (unpaired) electrons. The average Bonchev–Trinajstić information content (AvgIpc) is 2.55. The van der Waals surface area contributed by atoms with Crippen LogP contribution in [0.2, 0.25) is 0 Å². The summed E-state index contributed by atoms with van der Waals surface area (Å²) in [4.78, 5) is 16.4. The molecule has 1 N–H and O–H groups in total. The van der Waals surface area contributed by atoms with Crippen LogP contribution in [0.15, 0.2) is 71.3 Å². The molecule has 4 heteroatoms. The molecule has 1 amide bonds. The molecule has 3 nitrogen and oxygen atoms in total. The topological polar surface area (TPSA) is 42.0 Å². The fourth-order valence-corrected chi connectivity index (χ4v) is 2.39. The van der Waals surface area contributed by atoms with Crippen molar-refractivity contribution in [1.29, 1.82) is 0 Å². The second-order valence-corrected chi connectivity index (χ2v) is 5.67. The van der Waals surface area contributed by atoms with Gasteiger partial charge in [0.15, 0.2) is 0 Å². The monoisotopic (exact) mass is 352 g/mol. The molecule has 0 saturated carbocycles. The Morgan fingerprint density at radius 3 is 2.64 bits per heavy atom. The van der Waals surface area contributed by atoms with Crippen molar-refractivity contribution < 1.29 is 4.79 Å². The Kier molecular flexibility index (Phi) is 4.30. The Hall–Kier alpha value is -2.46. The standard InChI is InChI=1S/C18H13BrN2O/c19-15-9-6-13(7-10-15)8-11-17(22)21-16-5-1-3-14-4-2-12-20-18(14)16/h1-12H,(H,21,22)/b11-8-. The van der Waals surface area contributed by atoms with E-state index in [1.165, 1.54) is 6.08 Å². The Balaban J connectivity index is 1.77. The van der Waals surface area contributed by atoms with Crippen molar-refractivity contribution in [2.24, 2.45) is 0 Å². The average molecular weight is 353 g/mol. The molecule has 0 unspecified atom stereocenters. The lowest BCUT2D eigenvalue weighted by molar-refractivity contribution is -0.111. The highest BCUT2D eigenvalue weighted by atomic mass is 79.9. The van der Waals surface area contributed by atoms with Crippen LogP contribution in [0, 0.1) is 0 Å². The van der Waals surface area contributed by atoms with Crippen LogP contribution in [0.5, 0.6) is 0 Å². The summed E-state index contributed by atoms with van der Waals surface area (Å²) in [5, 5.41) is 3.87. The molecule has 0 saturated heterocycles. The number of carbonyl (C=O) groups excluding carboxylic acids is 1. The molecule has 1 aromatic heterocycles. The number of pyridine rings is 1. The lowest BCUT2D eigenvalue weighted by Crippen LogP contribution is -2.08. The zero-order chi connectivity index (χ0) is 15.4. The van der Waals surface area contributed by atoms with Crippen LogP contribution in [-0.2, 0) is 4.79 Å². The van der Waals surface area contributed by atoms with E-state index >= 15 is 0 Å². The molecule has 0 atom stereocenters. The summed E-state index contributed by atoms with van der Waals surface area (Å²) >= 11 is 3.38. The lowest BCUT2D eigenvalue weighted by atomic mass is 10.2. The van der Waals surface area contributed by atoms with Gasteiger partial charge in [0.1, 0.15) is 0 Å². The van der Waals surface area contributed by atoms with Crippen molar-refractivity contribution in [1.82, 2.24) is 4.98 Å². The van der Waals surface area contributed by atoms with Gasteiger partial charge in [-0.2, -0.15) is 0 Å². The maximum absolute atomic E-state index is 12.1. The summed E-state index contributed by atoms with van der Waals surface area (Å²) < 4.78 is 1.01. The molecule has 3 rings (SSSR count). The van der Waals surface area contributed by atoms with E-state index in [4.69, 9.17) is 0 Å². The molecular weight excluding hydrogens is 340 g/mol. The maximum atomic E-state index is 12.1. The predicted octanol–water partition coefficient (Wildman–Crippen LogP) is 4.65. The Bertz CT molecular complexity index is 836. The number of nitrogens with one attached hydrogen (secondary N) is 1. The third-order valence-electron chi connectivity index (χ3n) is 3.19. The highest BCUT2D eigenvalue weighted by Crippen LogP contribution is 2.20. The number of amides is 1. The summed E-state index contributed by atoms with van der Waals surface area (Å²) in [6.07, 6.45) is 5.01. The third kappa shape index (κ3) is 3.40. The van der Waals surface area contributed by atoms with Gasteiger partial charge in [-0.3, -0.25) is 9.78 Å². The van der Waals surface area contributed by atoms with Crippen molar-refractivity contribution in [2.75, 3.05) is 5.32 Å². The van der Waals surface area contributed by atoms with Gasteiger partial charge in [0.05, 0.1) is 11.2 Å². The number of halogens is 1. The molecule has 0 fully saturated rings. The first-order chi connectivity index (χ1) is 10.7. The largest absolute Gasteiger partial charge is 0.321 e. The van der Waals surface area contributed by atoms with Gasteiger partial charge in [-0.1, -0.05) is 46.3 Å². The number of benzene rings is 2. The van der Waals surface area contributed by atoms with Gasteiger partial charge in [0.25, 0.3) is 0 Å². The molecule has 0 bridgehead atoms. The van der Waals surface area contributed by atoms with E-state index in [0.29, 0.717) is 5.69 Å². The van der Waals surface area contributed by atoms with Crippen LogP contribution in [0.4, 0.5) is 5.69 Å². The molecule has 3 aromatic rings. The number of nitrogens with zero attached hydrogens (tertiary/aromatic N) is 1. The van der Waals surface area contributed by atoms with Crippen molar-refractivity contribution in [3.63, 3.8) is 0 Å². The predicted molar refractivity (Wildman–Crippen MR) is 93.5 cm³/mol. The fourth-order valence-electron chi connectivity index (χ4n) is 2.13. The van der Waals surface area contributed by atoms with Gasteiger partial charge in [-0.15, -0.1) is 0 Å². The molecule has 0 aliphatic carbocycles. The van der Waals surface area contributed by atoms with Crippen LogP contribution in [0.1, 0.15) is 5.56 Å². The number of hydrogen-bond donors (Lipinski definition) is 1. The Morgan fingerprint density at radius 1 is 1.05 bits per heavy atom. The summed E-state index contributed by atoms with van der Waals surface area (Å²) in [5.74, 6) is -0.180. The van der Waals surface area contributed by atoms with Crippen molar-refractivity contribution in [3.05, 3.63) is 76.9 Å². The van der Waals surface area contributed by atoms with E-state index in [1.807, 2.05) is 54.6 Å². The third-order valence-corrected chi connectivity index (χ3v) is 3.72. The zero-order valence-electron chi connectivity index (χ0n) is 11.7. The van der Waals surface area contributed by atoms with Crippen LogP contribution in [-0.4, -0.2) is 10.9 Å². The number of carbonyl (C=O) groups is 1. The minimum atomic E-state index is -0.180. The first-order valence-electron chi connectivity index (χ1n) is 6.81. The smallest absolute Gasteiger partial charge is 0.248 e. The molecule has 22 heavy (non-hydrogen) atoms. The fraction of sp³-hybridized carbons (Fsp3) is 0. The first-order valence-corrected chi connectivity index (χ1v) is 7.60. The van der Waals surface area contributed by atoms with Gasteiger partial charge in [0, 0.05) is 22.1 Å². The minimum absolute atomic E-state index is 0.180. The van der Waals surface area contributed by atoms with Gasteiger partial charge in [-0.05, 0) is 35.9 Å². The summed E-state index contributed by atoms with van der Waals surface area (Å²) in [6.45, 7) is 0. The number of aromatic nitrogens is 1. The minimum Gasteiger partial charge on any atom is -0.321 e. The normalized spacial score (nSPS) is 11.0. The molecule has 2 aromatic carbocycles. The molecule has 0 aliphatic heterocycles. The van der Waals surface area contributed by atoms with Crippen LogP contribution in [0.25, 0.3) is 17.0 Å². The van der Waals surface area contributed by atoms with Crippen LogP contribution in [0.3, 0.4) is 0 Å². The number of para-hydroxylation sites is 1. The maximum Gasteiger partial charge on any atom is 0.248 e. The van der Waals surface area contributed by atoms with E-state index in [9.17, 15) is 4.79 Å². The van der Waals surface area contributed by atoms with Gasteiger partial charge < -0.3 is 5.32 Å². The highest BCUT2D eigenvalue weighted by molar-refractivity contribution is 9.10. The Morgan fingerprint density at radius 2 is 1.82 bits per heavy atom. The Labute approximate surface area is 136 Å². The molecular formula is C18H13BrN2O.